The molecule has 2 aromatic rings. The maximum atomic E-state index is 13.0. The van der Waals surface area contributed by atoms with E-state index < -0.39 is 20.0 Å². The number of rotatable bonds is 8. The molecule has 0 saturated carbocycles. The predicted octanol–water partition coefficient (Wildman–Crippen LogP) is 2.89. The van der Waals surface area contributed by atoms with Crippen LogP contribution in [0.1, 0.15) is 13.8 Å². The standard InChI is InChI=1S/C21H28ClN3O5S2/c1-4-24(5-2)31(26,27)17-10-11-20(30-3)19(16-17)23-12-14-25(15-13-23)32(28,29)21-9-7-6-8-18(21)22/h6-11,16H,4-5,12-15H2,1-3H3. The van der Waals surface area contributed by atoms with Crippen LogP contribution >= 0.6 is 11.6 Å². The van der Waals surface area contributed by atoms with Gasteiger partial charge in [0.15, 0.2) is 0 Å². The highest BCUT2D eigenvalue weighted by Gasteiger charge is 2.31. The Hall–Kier alpha value is -1.85. The quantitative estimate of drug-likeness (QED) is 0.552. The third-order valence-corrected chi connectivity index (χ3v) is 9.97. The molecule has 0 N–H and O–H groups in total. The van der Waals surface area contributed by atoms with Crippen LogP contribution < -0.4 is 9.64 Å². The average Bonchev–Trinajstić information content (AvgIpc) is 2.79. The first-order chi connectivity index (χ1) is 15.2. The van der Waals surface area contributed by atoms with Gasteiger partial charge in [-0.1, -0.05) is 37.6 Å². The highest BCUT2D eigenvalue weighted by atomic mass is 35.5. The topological polar surface area (TPSA) is 87.2 Å². The molecule has 0 aliphatic carbocycles. The van der Waals surface area contributed by atoms with Crippen LogP contribution in [0.15, 0.2) is 52.3 Å². The lowest BCUT2D eigenvalue weighted by molar-refractivity contribution is 0.378. The van der Waals surface area contributed by atoms with Gasteiger partial charge in [-0.15, -0.1) is 0 Å². The molecule has 0 atom stereocenters. The maximum Gasteiger partial charge on any atom is 0.244 e. The summed E-state index contributed by atoms with van der Waals surface area (Å²) in [6.07, 6.45) is 0. The van der Waals surface area contributed by atoms with E-state index in [1.807, 2.05) is 4.90 Å². The van der Waals surface area contributed by atoms with Gasteiger partial charge in [0.1, 0.15) is 10.6 Å². The van der Waals surface area contributed by atoms with E-state index in [1.165, 1.54) is 27.9 Å². The van der Waals surface area contributed by atoms with E-state index in [0.717, 1.165) is 0 Å². The summed E-state index contributed by atoms with van der Waals surface area (Å²) in [5.74, 6) is 0.533. The van der Waals surface area contributed by atoms with Gasteiger partial charge in [-0.05, 0) is 30.3 Å². The smallest absolute Gasteiger partial charge is 0.244 e. The number of halogens is 1. The van der Waals surface area contributed by atoms with Crippen molar-refractivity contribution in [1.82, 2.24) is 8.61 Å². The molecule has 11 heteroatoms. The minimum absolute atomic E-state index is 0.0833. The molecule has 0 amide bonds. The first-order valence-corrected chi connectivity index (χ1v) is 13.6. The molecule has 1 heterocycles. The number of sulfonamides is 2. The lowest BCUT2D eigenvalue weighted by Gasteiger charge is -2.36. The largest absolute Gasteiger partial charge is 0.495 e. The van der Waals surface area contributed by atoms with E-state index in [0.29, 0.717) is 37.6 Å². The summed E-state index contributed by atoms with van der Waals surface area (Å²) >= 11 is 6.11. The van der Waals surface area contributed by atoms with E-state index in [9.17, 15) is 16.8 Å². The average molecular weight is 502 g/mol. The molecule has 32 heavy (non-hydrogen) atoms. The van der Waals surface area contributed by atoms with Crippen molar-refractivity contribution in [3.05, 3.63) is 47.5 Å². The Morgan fingerprint density at radius 1 is 0.969 bits per heavy atom. The Kier molecular flexibility index (Phi) is 7.72. The Bertz CT molecular complexity index is 1160. The number of ether oxygens (including phenoxy) is 1. The molecule has 176 valence electrons. The van der Waals surface area contributed by atoms with E-state index in [4.69, 9.17) is 16.3 Å². The molecule has 1 saturated heterocycles. The van der Waals surface area contributed by atoms with Gasteiger partial charge in [-0.25, -0.2) is 16.8 Å². The summed E-state index contributed by atoms with van der Waals surface area (Å²) in [5.41, 5.74) is 0.621. The van der Waals surface area contributed by atoms with Crippen LogP contribution in [0, 0.1) is 0 Å². The molecule has 8 nitrogen and oxygen atoms in total. The van der Waals surface area contributed by atoms with Crippen molar-refractivity contribution in [1.29, 1.82) is 0 Å². The van der Waals surface area contributed by atoms with Crippen LogP contribution in [-0.4, -0.2) is 71.8 Å². The summed E-state index contributed by atoms with van der Waals surface area (Å²) in [6.45, 7) is 5.59. The van der Waals surface area contributed by atoms with Crippen molar-refractivity contribution >= 4 is 37.3 Å². The second kappa shape index (κ2) is 9.96. The zero-order chi connectivity index (χ0) is 23.5. The molecule has 0 unspecified atom stereocenters. The second-order valence-corrected chi connectivity index (χ2v) is 11.5. The summed E-state index contributed by atoms with van der Waals surface area (Å²) in [7, 11) is -5.83. The van der Waals surface area contributed by atoms with E-state index in [-0.39, 0.29) is 27.9 Å². The van der Waals surface area contributed by atoms with Crippen molar-refractivity contribution < 1.29 is 21.6 Å². The zero-order valence-electron chi connectivity index (χ0n) is 18.4. The van der Waals surface area contributed by atoms with Gasteiger partial charge in [0, 0.05) is 39.3 Å². The monoisotopic (exact) mass is 501 g/mol. The Morgan fingerprint density at radius 3 is 2.16 bits per heavy atom. The number of hydrogen-bond acceptors (Lipinski definition) is 6. The number of hydrogen-bond donors (Lipinski definition) is 0. The maximum absolute atomic E-state index is 13.0. The van der Waals surface area contributed by atoms with Crippen molar-refractivity contribution in [3.8, 4) is 5.75 Å². The Morgan fingerprint density at radius 2 is 1.59 bits per heavy atom. The van der Waals surface area contributed by atoms with E-state index >= 15 is 0 Å². The Labute approximate surface area is 195 Å². The molecular formula is C21H28ClN3O5S2. The van der Waals surface area contributed by atoms with Crippen molar-refractivity contribution in [2.75, 3.05) is 51.3 Å². The number of anilines is 1. The van der Waals surface area contributed by atoms with Gasteiger partial charge in [-0.2, -0.15) is 8.61 Å². The fourth-order valence-electron chi connectivity index (χ4n) is 3.75. The van der Waals surface area contributed by atoms with Crippen LogP contribution in [0.4, 0.5) is 5.69 Å². The fraction of sp³-hybridized carbons (Fsp3) is 0.429. The fourth-order valence-corrected chi connectivity index (χ4v) is 7.15. The summed E-state index contributed by atoms with van der Waals surface area (Å²) < 4.78 is 60.2. The minimum Gasteiger partial charge on any atom is -0.495 e. The van der Waals surface area contributed by atoms with Crippen molar-refractivity contribution in [2.45, 2.75) is 23.6 Å². The summed E-state index contributed by atoms with van der Waals surface area (Å²) in [5, 5.41) is 0.186. The summed E-state index contributed by atoms with van der Waals surface area (Å²) in [6, 6.07) is 11.1. The van der Waals surface area contributed by atoms with Crippen LogP contribution in [0.3, 0.4) is 0 Å². The van der Waals surface area contributed by atoms with Gasteiger partial charge in [0.05, 0.1) is 22.7 Å². The molecule has 0 radical (unpaired) electrons. The number of piperazine rings is 1. The van der Waals surface area contributed by atoms with Crippen molar-refractivity contribution in [2.24, 2.45) is 0 Å². The van der Waals surface area contributed by atoms with Crippen LogP contribution in [0.2, 0.25) is 5.02 Å². The second-order valence-electron chi connectivity index (χ2n) is 7.24. The third kappa shape index (κ3) is 4.74. The van der Waals surface area contributed by atoms with Crippen LogP contribution in [-0.2, 0) is 20.0 Å². The predicted molar refractivity (Wildman–Crippen MR) is 126 cm³/mol. The van der Waals surface area contributed by atoms with E-state index in [1.54, 1.807) is 44.2 Å². The molecule has 0 bridgehead atoms. The van der Waals surface area contributed by atoms with Gasteiger partial charge >= 0.3 is 0 Å². The molecule has 1 aliphatic rings. The lowest BCUT2D eigenvalue weighted by Crippen LogP contribution is -2.48. The van der Waals surface area contributed by atoms with Crippen molar-refractivity contribution in [3.63, 3.8) is 0 Å². The molecule has 3 rings (SSSR count). The summed E-state index contributed by atoms with van der Waals surface area (Å²) in [4.78, 5) is 2.21. The van der Waals surface area contributed by atoms with Gasteiger partial charge in [-0.3, -0.25) is 0 Å². The number of benzene rings is 2. The highest BCUT2D eigenvalue weighted by Crippen LogP contribution is 2.33. The van der Waals surface area contributed by atoms with Crippen LogP contribution in [0.25, 0.3) is 0 Å². The molecule has 1 fully saturated rings. The minimum atomic E-state index is -3.72. The molecule has 2 aromatic carbocycles. The highest BCUT2D eigenvalue weighted by molar-refractivity contribution is 7.89. The molecule has 1 aliphatic heterocycles. The van der Waals surface area contributed by atoms with Gasteiger partial charge in [0.25, 0.3) is 0 Å². The molecular weight excluding hydrogens is 474 g/mol. The van der Waals surface area contributed by atoms with Gasteiger partial charge in [0.2, 0.25) is 20.0 Å². The Balaban J connectivity index is 1.86. The normalized spacial score (nSPS) is 15.8. The zero-order valence-corrected chi connectivity index (χ0v) is 20.8. The number of methoxy groups -OCH3 is 1. The van der Waals surface area contributed by atoms with Crippen LogP contribution in [0.5, 0.6) is 5.75 Å². The van der Waals surface area contributed by atoms with Gasteiger partial charge < -0.3 is 9.64 Å². The third-order valence-electron chi connectivity index (χ3n) is 5.53. The molecule has 0 spiro atoms. The lowest BCUT2D eigenvalue weighted by atomic mass is 10.2. The number of nitrogens with zero attached hydrogens (tertiary/aromatic N) is 3. The first kappa shape index (κ1) is 24.8. The SMILES string of the molecule is CCN(CC)S(=O)(=O)c1ccc(OC)c(N2CCN(S(=O)(=O)c3ccccc3Cl)CC2)c1. The molecule has 0 aromatic heterocycles. The first-order valence-electron chi connectivity index (χ1n) is 10.3. The van der Waals surface area contributed by atoms with E-state index in [2.05, 4.69) is 0 Å².